The zero-order valence-electron chi connectivity index (χ0n) is 13.7. The van der Waals surface area contributed by atoms with E-state index in [2.05, 4.69) is 5.16 Å². The van der Waals surface area contributed by atoms with Crippen molar-refractivity contribution in [1.29, 1.82) is 0 Å². The molecule has 0 saturated carbocycles. The molecule has 0 aliphatic heterocycles. The van der Waals surface area contributed by atoms with Crippen LogP contribution in [0.3, 0.4) is 0 Å². The molecule has 3 rings (SSSR count). The van der Waals surface area contributed by atoms with Gasteiger partial charge in [-0.05, 0) is 12.1 Å². The van der Waals surface area contributed by atoms with Crippen LogP contribution in [0.15, 0.2) is 96.2 Å². The Hall–Kier alpha value is -3.73. The number of carbonyl (C=O) groups excluding carboxylic acids is 2. The Morgan fingerprint density at radius 1 is 0.615 bits per heavy atom. The number of ether oxygens (including phenoxy) is 1. The number of para-hydroxylation sites is 1. The fraction of sp³-hybridized carbons (Fsp3) is 0. The zero-order valence-corrected chi connectivity index (χ0v) is 13.7. The maximum absolute atomic E-state index is 11.9. The van der Waals surface area contributed by atoms with Gasteiger partial charge >= 0.3 is 11.9 Å². The summed E-state index contributed by atoms with van der Waals surface area (Å²) in [7, 11) is 0. The van der Waals surface area contributed by atoms with Gasteiger partial charge in [-0.3, -0.25) is 0 Å². The zero-order chi connectivity index (χ0) is 18.2. The summed E-state index contributed by atoms with van der Waals surface area (Å²) in [5.41, 5.74) is 1.94. The van der Waals surface area contributed by atoms with Crippen LogP contribution in [-0.4, -0.2) is 17.7 Å². The van der Waals surface area contributed by atoms with Gasteiger partial charge in [0.25, 0.3) is 0 Å². The van der Waals surface area contributed by atoms with Crippen molar-refractivity contribution >= 4 is 17.7 Å². The van der Waals surface area contributed by atoms with Crippen LogP contribution in [0.4, 0.5) is 0 Å². The lowest BCUT2D eigenvalue weighted by Gasteiger charge is -2.06. The van der Waals surface area contributed by atoms with Gasteiger partial charge < -0.3 is 9.57 Å². The summed E-state index contributed by atoms with van der Waals surface area (Å²) in [6.07, 6.45) is 0. The molecule has 5 heteroatoms. The predicted molar refractivity (Wildman–Crippen MR) is 96.7 cm³/mol. The molecule has 0 aliphatic carbocycles. The SMILES string of the molecule is O=C(ON=C(c1ccccc1)c1ccccc1)C(=O)Oc1ccccc1. The molecule has 0 atom stereocenters. The van der Waals surface area contributed by atoms with Gasteiger partial charge in [0.05, 0.1) is 0 Å². The summed E-state index contributed by atoms with van der Waals surface area (Å²) < 4.78 is 4.94. The molecule has 0 unspecified atom stereocenters. The van der Waals surface area contributed by atoms with E-state index in [0.29, 0.717) is 5.71 Å². The number of hydrogen-bond acceptors (Lipinski definition) is 5. The Morgan fingerprint density at radius 3 is 1.58 bits per heavy atom. The number of esters is 1. The van der Waals surface area contributed by atoms with Gasteiger partial charge in [0.2, 0.25) is 0 Å². The molecule has 0 N–H and O–H groups in total. The van der Waals surface area contributed by atoms with Gasteiger partial charge in [0, 0.05) is 11.1 Å². The number of rotatable bonds is 4. The van der Waals surface area contributed by atoms with Crippen LogP contribution in [0.1, 0.15) is 11.1 Å². The molecule has 0 aromatic heterocycles. The maximum Gasteiger partial charge on any atom is 0.443 e. The summed E-state index contributed by atoms with van der Waals surface area (Å²) in [6, 6.07) is 26.7. The Labute approximate surface area is 150 Å². The van der Waals surface area contributed by atoms with E-state index < -0.39 is 11.9 Å². The molecule has 0 spiro atoms. The van der Waals surface area contributed by atoms with E-state index in [0.717, 1.165) is 11.1 Å². The molecule has 0 aliphatic rings. The number of carbonyl (C=O) groups is 2. The van der Waals surface area contributed by atoms with Crippen LogP contribution in [0.25, 0.3) is 0 Å². The molecular formula is C21H15NO4. The molecule has 0 amide bonds. The smallest absolute Gasteiger partial charge is 0.418 e. The molecule has 0 radical (unpaired) electrons. The second-order valence-electron chi connectivity index (χ2n) is 5.25. The number of nitrogens with zero attached hydrogens (tertiary/aromatic N) is 1. The largest absolute Gasteiger partial charge is 0.443 e. The van der Waals surface area contributed by atoms with Crippen molar-refractivity contribution in [2.24, 2.45) is 5.16 Å². The van der Waals surface area contributed by atoms with Crippen molar-refractivity contribution < 1.29 is 19.2 Å². The van der Waals surface area contributed by atoms with Crippen molar-refractivity contribution in [3.8, 4) is 5.75 Å². The average molecular weight is 345 g/mol. The van der Waals surface area contributed by atoms with Crippen molar-refractivity contribution in [3.05, 3.63) is 102 Å². The molecular weight excluding hydrogens is 330 g/mol. The summed E-state index contributed by atoms with van der Waals surface area (Å²) >= 11 is 0. The van der Waals surface area contributed by atoms with Crippen molar-refractivity contribution in [2.45, 2.75) is 0 Å². The number of oxime groups is 1. The second kappa shape index (κ2) is 8.39. The van der Waals surface area contributed by atoms with Crippen LogP contribution in [0.5, 0.6) is 5.75 Å². The van der Waals surface area contributed by atoms with E-state index in [1.165, 1.54) is 0 Å². The summed E-state index contributed by atoms with van der Waals surface area (Å²) in [4.78, 5) is 28.6. The summed E-state index contributed by atoms with van der Waals surface area (Å²) in [6.45, 7) is 0. The van der Waals surface area contributed by atoms with E-state index in [-0.39, 0.29) is 5.75 Å². The lowest BCUT2D eigenvalue weighted by Crippen LogP contribution is -2.22. The quantitative estimate of drug-likeness (QED) is 0.181. The number of hydrogen-bond donors (Lipinski definition) is 0. The highest BCUT2D eigenvalue weighted by Gasteiger charge is 2.19. The van der Waals surface area contributed by atoms with Crippen molar-refractivity contribution in [3.63, 3.8) is 0 Å². The van der Waals surface area contributed by atoms with E-state index in [4.69, 9.17) is 9.57 Å². The van der Waals surface area contributed by atoms with Crippen LogP contribution in [-0.2, 0) is 14.4 Å². The first-order valence-corrected chi connectivity index (χ1v) is 7.91. The third-order valence-electron chi connectivity index (χ3n) is 3.43. The molecule has 3 aromatic carbocycles. The second-order valence-corrected chi connectivity index (χ2v) is 5.25. The van der Waals surface area contributed by atoms with E-state index in [9.17, 15) is 9.59 Å². The first kappa shape index (κ1) is 17.1. The highest BCUT2D eigenvalue weighted by molar-refractivity contribution is 6.30. The minimum absolute atomic E-state index is 0.254. The molecule has 0 heterocycles. The Kier molecular flexibility index (Phi) is 5.52. The lowest BCUT2D eigenvalue weighted by atomic mass is 10.0. The third kappa shape index (κ3) is 4.42. The molecule has 26 heavy (non-hydrogen) atoms. The molecule has 128 valence electrons. The van der Waals surface area contributed by atoms with Crippen molar-refractivity contribution in [2.75, 3.05) is 0 Å². The van der Waals surface area contributed by atoms with Gasteiger partial charge in [-0.1, -0.05) is 84.0 Å². The molecule has 0 fully saturated rings. The Morgan fingerprint density at radius 2 is 1.08 bits per heavy atom. The standard InChI is InChI=1S/C21H15NO4/c23-20(25-18-14-8-3-9-15-18)21(24)26-22-19(16-10-4-1-5-11-16)17-12-6-2-7-13-17/h1-15H. The first-order chi connectivity index (χ1) is 12.7. The van der Waals surface area contributed by atoms with Crippen molar-refractivity contribution in [1.82, 2.24) is 0 Å². The fourth-order valence-electron chi connectivity index (χ4n) is 2.23. The average Bonchev–Trinajstić information content (AvgIpc) is 2.70. The van der Waals surface area contributed by atoms with Gasteiger partial charge in [-0.15, -0.1) is 0 Å². The van der Waals surface area contributed by atoms with E-state index >= 15 is 0 Å². The molecule has 5 nitrogen and oxygen atoms in total. The van der Waals surface area contributed by atoms with Crippen LogP contribution in [0.2, 0.25) is 0 Å². The molecule has 0 bridgehead atoms. The van der Waals surface area contributed by atoms with Gasteiger partial charge in [-0.25, -0.2) is 9.59 Å². The minimum Gasteiger partial charge on any atom is -0.418 e. The normalized spacial score (nSPS) is 9.85. The number of benzene rings is 3. The van der Waals surface area contributed by atoms with Crippen LogP contribution >= 0.6 is 0 Å². The monoisotopic (exact) mass is 345 g/mol. The fourth-order valence-corrected chi connectivity index (χ4v) is 2.23. The molecule has 0 saturated heterocycles. The summed E-state index contributed by atoms with van der Waals surface area (Å²) in [5, 5.41) is 3.89. The topological polar surface area (TPSA) is 65.0 Å². The Bertz CT molecular complexity index is 865. The van der Waals surface area contributed by atoms with E-state index in [1.807, 2.05) is 60.7 Å². The van der Waals surface area contributed by atoms with Crippen LogP contribution in [0, 0.1) is 0 Å². The van der Waals surface area contributed by atoms with Gasteiger partial charge in [0.1, 0.15) is 11.5 Å². The highest BCUT2D eigenvalue weighted by atomic mass is 16.7. The maximum atomic E-state index is 11.9. The minimum atomic E-state index is -1.20. The van der Waals surface area contributed by atoms with Gasteiger partial charge in [-0.2, -0.15) is 0 Å². The first-order valence-electron chi connectivity index (χ1n) is 7.91. The lowest BCUT2D eigenvalue weighted by molar-refractivity contribution is -0.162. The summed E-state index contributed by atoms with van der Waals surface area (Å²) in [5.74, 6) is -2.08. The third-order valence-corrected chi connectivity index (χ3v) is 3.43. The Balaban J connectivity index is 1.78. The predicted octanol–water partition coefficient (Wildman–Crippen LogP) is 3.59. The van der Waals surface area contributed by atoms with Crippen LogP contribution < -0.4 is 4.74 Å². The van der Waals surface area contributed by atoms with E-state index in [1.54, 1.807) is 30.3 Å². The van der Waals surface area contributed by atoms with Gasteiger partial charge in [0.15, 0.2) is 0 Å². The molecule has 3 aromatic rings. The highest BCUT2D eigenvalue weighted by Crippen LogP contribution is 2.12.